The number of benzene rings is 3. The quantitative estimate of drug-likeness (QED) is 0.400. The largest absolute Gasteiger partial charge is 0.373 e. The first-order chi connectivity index (χ1) is 15.7. The minimum Gasteiger partial charge on any atom is -0.373 e. The van der Waals surface area contributed by atoms with Crippen molar-refractivity contribution in [3.8, 4) is 0 Å². The first kappa shape index (κ1) is 19.0. The first-order valence-corrected chi connectivity index (χ1v) is 11.2. The first-order valence-electron chi connectivity index (χ1n) is 11.2. The van der Waals surface area contributed by atoms with Gasteiger partial charge in [-0.05, 0) is 59.7 Å². The van der Waals surface area contributed by atoms with Crippen molar-refractivity contribution >= 4 is 27.9 Å². The number of hydrogen-bond donors (Lipinski definition) is 1. The van der Waals surface area contributed by atoms with Crippen molar-refractivity contribution in [1.29, 1.82) is 0 Å². The van der Waals surface area contributed by atoms with Gasteiger partial charge < -0.3 is 5.32 Å². The molecule has 1 aliphatic carbocycles. The van der Waals surface area contributed by atoms with E-state index in [1.165, 1.54) is 22.3 Å². The molecule has 4 aromatic rings. The number of fused-ring (bicyclic) bond motifs is 4. The van der Waals surface area contributed by atoms with Crippen LogP contribution < -0.4 is 5.32 Å². The summed E-state index contributed by atoms with van der Waals surface area (Å²) in [6, 6.07) is 27.0. The Kier molecular flexibility index (Phi) is 4.43. The van der Waals surface area contributed by atoms with Gasteiger partial charge in [-0.2, -0.15) is 0 Å². The number of nitrogens with one attached hydrogen (secondary N) is 1. The van der Waals surface area contributed by atoms with Crippen LogP contribution in [-0.4, -0.2) is 10.8 Å². The molecular formula is C29H24N2O. The Morgan fingerprint density at radius 1 is 0.875 bits per heavy atom. The van der Waals surface area contributed by atoms with Crippen LogP contribution in [-0.2, 0) is 4.79 Å². The van der Waals surface area contributed by atoms with E-state index in [0.717, 1.165) is 34.1 Å². The number of nitrogens with zero attached hydrogens (tertiary/aromatic N) is 1. The van der Waals surface area contributed by atoms with Crippen molar-refractivity contribution in [2.24, 2.45) is 0 Å². The van der Waals surface area contributed by atoms with Crippen molar-refractivity contribution in [2.45, 2.75) is 31.7 Å². The van der Waals surface area contributed by atoms with E-state index in [4.69, 9.17) is 0 Å². The molecule has 32 heavy (non-hydrogen) atoms. The fraction of sp³-hybridized carbons (Fsp3) is 0.172. The lowest BCUT2D eigenvalue weighted by atomic mass is 9.71. The Labute approximate surface area is 187 Å². The third kappa shape index (κ3) is 2.96. The lowest BCUT2D eigenvalue weighted by Gasteiger charge is -2.38. The van der Waals surface area contributed by atoms with Gasteiger partial charge in [-0.3, -0.25) is 9.78 Å². The highest BCUT2D eigenvalue weighted by Crippen LogP contribution is 2.51. The number of carbonyl (C=O) groups excluding carboxylic acids is 1. The molecule has 2 atom stereocenters. The molecule has 0 spiro atoms. The number of Topliss-reactive ketones (excluding diaryl/α,β-unsaturated/α-hetero) is 1. The third-order valence-corrected chi connectivity index (χ3v) is 6.95. The highest BCUT2D eigenvalue weighted by molar-refractivity contribution is 6.12. The Bertz CT molecular complexity index is 1390. The van der Waals surface area contributed by atoms with Crippen molar-refractivity contribution in [3.05, 3.63) is 113 Å². The Balaban J connectivity index is 1.60. The molecule has 0 fully saturated rings. The van der Waals surface area contributed by atoms with Gasteiger partial charge in [0.2, 0.25) is 0 Å². The summed E-state index contributed by atoms with van der Waals surface area (Å²) >= 11 is 0. The van der Waals surface area contributed by atoms with Gasteiger partial charge in [0.25, 0.3) is 0 Å². The summed E-state index contributed by atoms with van der Waals surface area (Å²) in [5.74, 6) is 0.435. The summed E-state index contributed by atoms with van der Waals surface area (Å²) in [5, 5.41) is 4.83. The second-order valence-corrected chi connectivity index (χ2v) is 8.82. The molecule has 2 heterocycles. The average Bonchev–Trinajstić information content (AvgIpc) is 2.84. The Morgan fingerprint density at radius 3 is 2.53 bits per heavy atom. The van der Waals surface area contributed by atoms with E-state index in [-0.39, 0.29) is 17.7 Å². The highest BCUT2D eigenvalue weighted by Gasteiger charge is 2.38. The van der Waals surface area contributed by atoms with Crippen LogP contribution in [0.3, 0.4) is 0 Å². The number of rotatable bonds is 2. The van der Waals surface area contributed by atoms with Crippen LogP contribution in [0.15, 0.2) is 90.6 Å². The molecule has 0 saturated carbocycles. The molecule has 1 aliphatic heterocycles. The lowest BCUT2D eigenvalue weighted by molar-refractivity contribution is -0.116. The molecule has 0 saturated heterocycles. The van der Waals surface area contributed by atoms with E-state index in [1.807, 2.05) is 18.3 Å². The monoisotopic (exact) mass is 416 g/mol. The van der Waals surface area contributed by atoms with Crippen molar-refractivity contribution < 1.29 is 4.79 Å². The van der Waals surface area contributed by atoms with Gasteiger partial charge in [0, 0.05) is 34.8 Å². The Morgan fingerprint density at radius 2 is 1.69 bits per heavy atom. The maximum Gasteiger partial charge on any atom is 0.162 e. The zero-order chi connectivity index (χ0) is 21.7. The molecule has 6 rings (SSSR count). The minimum atomic E-state index is -0.128. The van der Waals surface area contributed by atoms with Gasteiger partial charge in [-0.1, -0.05) is 60.7 Å². The predicted molar refractivity (Wildman–Crippen MR) is 130 cm³/mol. The van der Waals surface area contributed by atoms with Crippen LogP contribution >= 0.6 is 0 Å². The summed E-state index contributed by atoms with van der Waals surface area (Å²) in [5.41, 5.74) is 8.89. The number of hydrogen-bond acceptors (Lipinski definition) is 3. The van der Waals surface area contributed by atoms with Crippen LogP contribution in [0.1, 0.15) is 47.1 Å². The normalized spacial score (nSPS) is 20.0. The van der Waals surface area contributed by atoms with Crippen LogP contribution in [0, 0.1) is 6.92 Å². The second-order valence-electron chi connectivity index (χ2n) is 8.82. The van der Waals surface area contributed by atoms with Gasteiger partial charge >= 0.3 is 0 Å². The number of aromatic nitrogens is 1. The van der Waals surface area contributed by atoms with E-state index in [2.05, 4.69) is 84.0 Å². The SMILES string of the molecule is Cc1ccccc1[C@H]1Nc2ccc3ncccc3c2C2=C1C(=O)C[C@@H](c1ccccc1)C2. The van der Waals surface area contributed by atoms with Crippen LogP contribution in [0.4, 0.5) is 5.69 Å². The summed E-state index contributed by atoms with van der Waals surface area (Å²) in [6.07, 6.45) is 3.23. The number of pyridine rings is 1. The summed E-state index contributed by atoms with van der Waals surface area (Å²) in [6.45, 7) is 2.12. The standard InChI is InChI=1S/C29H24N2O/c1-18-8-5-6-11-21(18)29-28-23(16-20(17-26(28)32)19-9-3-2-4-10-19)27-22-12-7-15-30-24(22)13-14-25(27)31-29/h2-15,20,29,31H,16-17H2,1H3/t20-,29+/m0/s1. The van der Waals surface area contributed by atoms with Gasteiger partial charge in [-0.25, -0.2) is 0 Å². The molecule has 1 aromatic heterocycles. The fourth-order valence-corrected chi connectivity index (χ4v) is 5.43. The molecule has 2 aliphatic rings. The van der Waals surface area contributed by atoms with Crippen LogP contribution in [0.2, 0.25) is 0 Å². The van der Waals surface area contributed by atoms with E-state index in [1.54, 1.807) is 0 Å². The van der Waals surface area contributed by atoms with Gasteiger partial charge in [-0.15, -0.1) is 0 Å². The molecule has 0 unspecified atom stereocenters. The van der Waals surface area contributed by atoms with Crippen LogP contribution in [0.5, 0.6) is 0 Å². The average molecular weight is 417 g/mol. The van der Waals surface area contributed by atoms with Crippen molar-refractivity contribution in [1.82, 2.24) is 4.98 Å². The highest BCUT2D eigenvalue weighted by atomic mass is 16.1. The number of allylic oxidation sites excluding steroid dienone is 1. The van der Waals surface area contributed by atoms with Gasteiger partial charge in [0.05, 0.1) is 11.6 Å². The summed E-state index contributed by atoms with van der Waals surface area (Å²) < 4.78 is 0. The van der Waals surface area contributed by atoms with Crippen molar-refractivity contribution in [3.63, 3.8) is 0 Å². The maximum atomic E-state index is 13.7. The zero-order valence-corrected chi connectivity index (χ0v) is 18.0. The molecule has 0 radical (unpaired) electrons. The van der Waals surface area contributed by atoms with Crippen molar-refractivity contribution in [2.75, 3.05) is 5.32 Å². The van der Waals surface area contributed by atoms with Gasteiger partial charge in [0.15, 0.2) is 5.78 Å². The predicted octanol–water partition coefficient (Wildman–Crippen LogP) is 6.61. The third-order valence-electron chi connectivity index (χ3n) is 6.95. The molecular weight excluding hydrogens is 392 g/mol. The van der Waals surface area contributed by atoms with E-state index in [9.17, 15) is 4.79 Å². The maximum absolute atomic E-state index is 13.7. The van der Waals surface area contributed by atoms with Crippen LogP contribution in [0.25, 0.3) is 16.5 Å². The lowest BCUT2D eigenvalue weighted by Crippen LogP contribution is -2.30. The molecule has 0 amide bonds. The zero-order valence-electron chi connectivity index (χ0n) is 18.0. The molecule has 3 aromatic carbocycles. The van der Waals surface area contributed by atoms with E-state index < -0.39 is 0 Å². The minimum absolute atomic E-state index is 0.128. The van der Waals surface area contributed by atoms with E-state index in [0.29, 0.717) is 6.42 Å². The molecule has 3 nitrogen and oxygen atoms in total. The topological polar surface area (TPSA) is 42.0 Å². The molecule has 3 heteroatoms. The molecule has 156 valence electrons. The smallest absolute Gasteiger partial charge is 0.162 e. The number of carbonyl (C=O) groups is 1. The fourth-order valence-electron chi connectivity index (χ4n) is 5.43. The summed E-state index contributed by atoms with van der Waals surface area (Å²) in [7, 11) is 0. The molecule has 1 N–H and O–H groups in total. The second kappa shape index (κ2) is 7.45. The van der Waals surface area contributed by atoms with E-state index >= 15 is 0 Å². The number of ketones is 1. The molecule has 0 bridgehead atoms. The number of anilines is 1. The number of aryl methyl sites for hydroxylation is 1. The Hall–Kier alpha value is -3.72. The van der Waals surface area contributed by atoms with Gasteiger partial charge in [0.1, 0.15) is 0 Å². The summed E-state index contributed by atoms with van der Waals surface area (Å²) in [4.78, 5) is 18.3.